The molecule has 0 saturated carbocycles. The summed E-state index contributed by atoms with van der Waals surface area (Å²) < 4.78 is 7.69. The molecule has 0 spiro atoms. The number of ether oxygens (including phenoxy) is 1. The summed E-state index contributed by atoms with van der Waals surface area (Å²) >= 11 is 5.80. The Morgan fingerprint density at radius 1 is 1.09 bits per heavy atom. The Hall–Kier alpha value is -2.70. The van der Waals surface area contributed by atoms with E-state index in [2.05, 4.69) is 77.8 Å². The van der Waals surface area contributed by atoms with Crippen molar-refractivity contribution in [1.29, 1.82) is 0 Å². The third-order valence-corrected chi connectivity index (χ3v) is 6.69. The minimum Gasteiger partial charge on any atom is -0.385 e. The van der Waals surface area contributed by atoms with Crippen LogP contribution >= 0.6 is 12.2 Å². The Labute approximate surface area is 196 Å². The van der Waals surface area contributed by atoms with E-state index in [1.807, 2.05) is 18.3 Å². The molecule has 1 saturated heterocycles. The molecule has 1 fully saturated rings. The fraction of sp³-hybridized carbons (Fsp3) is 0.385. The Morgan fingerprint density at radius 2 is 1.91 bits per heavy atom. The number of pyridine rings is 1. The maximum Gasteiger partial charge on any atom is 0.170 e. The van der Waals surface area contributed by atoms with Gasteiger partial charge in [-0.2, -0.15) is 0 Å². The molecule has 3 heterocycles. The van der Waals surface area contributed by atoms with Crippen LogP contribution in [0.1, 0.15) is 52.3 Å². The van der Waals surface area contributed by atoms with Crippen LogP contribution in [-0.4, -0.2) is 39.8 Å². The number of nitrogens with one attached hydrogen (secondary N) is 1. The van der Waals surface area contributed by atoms with Gasteiger partial charge in [-0.25, -0.2) is 0 Å². The van der Waals surface area contributed by atoms with Crippen LogP contribution in [0.2, 0.25) is 0 Å². The number of methoxy groups -OCH3 is 1. The normalized spacial score (nSPS) is 18.3. The topological polar surface area (TPSA) is 42.3 Å². The van der Waals surface area contributed by atoms with Crippen molar-refractivity contribution in [3.8, 4) is 5.69 Å². The molecule has 0 radical (unpaired) electrons. The smallest absolute Gasteiger partial charge is 0.170 e. The van der Waals surface area contributed by atoms with Gasteiger partial charge in [-0.1, -0.05) is 18.2 Å². The maximum atomic E-state index is 5.80. The van der Waals surface area contributed by atoms with Crippen LogP contribution in [0.25, 0.3) is 5.69 Å². The quantitative estimate of drug-likeness (QED) is 0.402. The summed E-state index contributed by atoms with van der Waals surface area (Å²) in [7, 11) is 1.74. The number of hydrogen-bond donors (Lipinski definition) is 1. The van der Waals surface area contributed by atoms with Crippen LogP contribution in [0.15, 0.2) is 48.7 Å². The number of aryl methyl sites for hydroxylation is 3. The van der Waals surface area contributed by atoms with Crippen molar-refractivity contribution in [2.24, 2.45) is 0 Å². The molecule has 2 atom stereocenters. The molecule has 0 bridgehead atoms. The first-order valence-corrected chi connectivity index (χ1v) is 11.6. The molecule has 0 amide bonds. The molecule has 0 aliphatic carbocycles. The summed E-state index contributed by atoms with van der Waals surface area (Å²) in [6, 6.07) is 15.1. The van der Waals surface area contributed by atoms with Crippen molar-refractivity contribution in [3.05, 3.63) is 82.4 Å². The number of thiocarbonyl (C=S) groups is 1. The van der Waals surface area contributed by atoms with Crippen LogP contribution in [0.5, 0.6) is 0 Å². The second-order valence-electron chi connectivity index (χ2n) is 8.62. The number of nitrogens with zero attached hydrogens (tertiary/aromatic N) is 3. The highest BCUT2D eigenvalue weighted by Gasteiger charge is 2.41. The van der Waals surface area contributed by atoms with E-state index < -0.39 is 0 Å². The van der Waals surface area contributed by atoms with Gasteiger partial charge in [0.2, 0.25) is 0 Å². The number of benzene rings is 1. The lowest BCUT2D eigenvalue weighted by Gasteiger charge is -2.28. The molecule has 1 N–H and O–H groups in total. The lowest BCUT2D eigenvalue weighted by Crippen LogP contribution is -2.31. The summed E-state index contributed by atoms with van der Waals surface area (Å²) in [4.78, 5) is 6.97. The molecule has 1 aliphatic heterocycles. The van der Waals surface area contributed by atoms with Gasteiger partial charge in [-0.05, 0) is 87.3 Å². The Kier molecular flexibility index (Phi) is 6.63. The number of hydrogen-bond acceptors (Lipinski definition) is 3. The van der Waals surface area contributed by atoms with Crippen molar-refractivity contribution >= 4 is 17.3 Å². The summed E-state index contributed by atoms with van der Waals surface area (Å²) in [5, 5.41) is 4.33. The van der Waals surface area contributed by atoms with Crippen LogP contribution in [0.4, 0.5) is 0 Å². The van der Waals surface area contributed by atoms with Crippen LogP contribution < -0.4 is 5.32 Å². The SMILES string of the molecule is COCCCN1C(=S)N[C@H](c2ccccn2)[C@H]1c1cc(C)n(-c2cc(C)ccc2C)c1C. The first kappa shape index (κ1) is 22.5. The van der Waals surface area contributed by atoms with Crippen LogP contribution in [0, 0.1) is 27.7 Å². The number of rotatable bonds is 7. The molecule has 4 rings (SSSR count). The maximum absolute atomic E-state index is 5.80. The zero-order chi connectivity index (χ0) is 22.8. The molecule has 32 heavy (non-hydrogen) atoms. The molecule has 0 unspecified atom stereocenters. The average Bonchev–Trinajstić information content (AvgIpc) is 3.26. The van der Waals surface area contributed by atoms with E-state index in [0.29, 0.717) is 6.61 Å². The van der Waals surface area contributed by atoms with E-state index in [-0.39, 0.29) is 12.1 Å². The van der Waals surface area contributed by atoms with Gasteiger partial charge in [0.15, 0.2) is 5.11 Å². The van der Waals surface area contributed by atoms with Gasteiger partial charge in [-0.3, -0.25) is 4.98 Å². The average molecular weight is 449 g/mol. The summed E-state index contributed by atoms with van der Waals surface area (Å²) in [5.41, 5.74) is 8.51. The predicted molar refractivity (Wildman–Crippen MR) is 133 cm³/mol. The molecular formula is C26H32N4OS. The Balaban J connectivity index is 1.81. The fourth-order valence-corrected chi connectivity index (χ4v) is 5.11. The van der Waals surface area contributed by atoms with Crippen LogP contribution in [0.3, 0.4) is 0 Å². The lowest BCUT2D eigenvalue weighted by molar-refractivity contribution is 0.180. The largest absolute Gasteiger partial charge is 0.385 e. The van der Waals surface area contributed by atoms with Gasteiger partial charge < -0.3 is 19.5 Å². The predicted octanol–water partition coefficient (Wildman–Crippen LogP) is 5.11. The van der Waals surface area contributed by atoms with Crippen molar-refractivity contribution < 1.29 is 4.74 Å². The first-order chi connectivity index (χ1) is 15.4. The van der Waals surface area contributed by atoms with Crippen molar-refractivity contribution in [2.75, 3.05) is 20.3 Å². The van der Waals surface area contributed by atoms with E-state index >= 15 is 0 Å². The Bertz CT molecular complexity index is 1110. The number of aromatic nitrogens is 2. The fourth-order valence-electron chi connectivity index (χ4n) is 4.78. The van der Waals surface area contributed by atoms with E-state index in [9.17, 15) is 0 Å². The zero-order valence-corrected chi connectivity index (χ0v) is 20.4. The highest BCUT2D eigenvalue weighted by atomic mass is 32.1. The van der Waals surface area contributed by atoms with E-state index in [4.69, 9.17) is 17.0 Å². The van der Waals surface area contributed by atoms with E-state index in [1.165, 1.54) is 33.8 Å². The molecule has 3 aromatic rings. The molecule has 168 valence electrons. The zero-order valence-electron chi connectivity index (χ0n) is 19.6. The van der Waals surface area contributed by atoms with Gasteiger partial charge in [0.25, 0.3) is 0 Å². The Morgan fingerprint density at radius 3 is 2.62 bits per heavy atom. The van der Waals surface area contributed by atoms with E-state index in [0.717, 1.165) is 23.8 Å². The molecule has 1 aliphatic rings. The van der Waals surface area contributed by atoms with Crippen molar-refractivity contribution in [3.63, 3.8) is 0 Å². The molecule has 1 aromatic carbocycles. The van der Waals surface area contributed by atoms with Crippen molar-refractivity contribution in [1.82, 2.24) is 19.8 Å². The molecule has 2 aromatic heterocycles. The van der Waals surface area contributed by atoms with Gasteiger partial charge in [0.05, 0.1) is 17.8 Å². The second-order valence-corrected chi connectivity index (χ2v) is 9.00. The summed E-state index contributed by atoms with van der Waals surface area (Å²) in [6.07, 6.45) is 2.77. The van der Waals surface area contributed by atoms with Crippen LogP contribution in [-0.2, 0) is 4.74 Å². The monoisotopic (exact) mass is 448 g/mol. The highest BCUT2D eigenvalue weighted by Crippen LogP contribution is 2.41. The van der Waals surface area contributed by atoms with E-state index in [1.54, 1.807) is 7.11 Å². The van der Waals surface area contributed by atoms with Gasteiger partial charge in [-0.15, -0.1) is 0 Å². The van der Waals surface area contributed by atoms with Gasteiger partial charge in [0.1, 0.15) is 0 Å². The lowest BCUT2D eigenvalue weighted by atomic mass is 9.96. The standard InChI is InChI=1S/C26H32N4OS/c1-17-10-11-18(2)23(15-17)30-19(3)16-21(20(30)4)25-24(22-9-6-7-12-27-22)28-26(32)29(25)13-8-14-31-5/h6-7,9-12,15-16,24-25H,8,13-14H2,1-5H3,(H,28,32)/t24-,25-/m1/s1. The third-order valence-electron chi connectivity index (χ3n) is 6.34. The minimum absolute atomic E-state index is 0.00111. The summed E-state index contributed by atoms with van der Waals surface area (Å²) in [6.45, 7) is 10.3. The second kappa shape index (κ2) is 9.43. The summed E-state index contributed by atoms with van der Waals surface area (Å²) in [5.74, 6) is 0. The molecule has 6 heteroatoms. The first-order valence-electron chi connectivity index (χ1n) is 11.2. The highest BCUT2D eigenvalue weighted by molar-refractivity contribution is 7.80. The van der Waals surface area contributed by atoms with Gasteiger partial charge in [0, 0.05) is 43.5 Å². The van der Waals surface area contributed by atoms with Gasteiger partial charge >= 0.3 is 0 Å². The minimum atomic E-state index is -0.00111. The molecular weight excluding hydrogens is 416 g/mol. The molecule has 5 nitrogen and oxygen atoms in total. The third kappa shape index (κ3) is 4.17. The van der Waals surface area contributed by atoms with Crippen molar-refractivity contribution in [2.45, 2.75) is 46.2 Å².